The van der Waals surface area contributed by atoms with Crippen LogP contribution < -0.4 is 5.32 Å². The van der Waals surface area contributed by atoms with Gasteiger partial charge < -0.3 is 15.3 Å². The molecule has 9 nitrogen and oxygen atoms in total. The molecule has 27 heavy (non-hydrogen) atoms. The molecule has 1 aromatic carbocycles. The first-order valence-electron chi connectivity index (χ1n) is 7.99. The van der Waals surface area contributed by atoms with E-state index < -0.39 is 55.4 Å². The van der Waals surface area contributed by atoms with Gasteiger partial charge in [-0.1, -0.05) is 30.3 Å². The standard InChI is InChI=1S/C16H18N2O7S2/c1-16(2)11(15(21)22)18-13(20)9(14(18)26-16)17-12(19)10(27(23,24)25)8-6-4-3-5-7-8/h3-7,9-11,14H,1-2H3,(H,17,19)(H,21,22)(H,23,24,25)/t9-,10+,11-,14+/m0/s1. The Morgan fingerprint density at radius 2 is 1.85 bits per heavy atom. The van der Waals surface area contributed by atoms with Crippen LogP contribution in [0.15, 0.2) is 30.3 Å². The van der Waals surface area contributed by atoms with Gasteiger partial charge in [-0.05, 0) is 19.4 Å². The molecule has 3 N–H and O–H groups in total. The number of fused-ring (bicyclic) bond motifs is 1. The van der Waals surface area contributed by atoms with Gasteiger partial charge in [0.15, 0.2) is 5.25 Å². The van der Waals surface area contributed by atoms with Gasteiger partial charge in [0.05, 0.1) is 0 Å². The molecule has 146 valence electrons. The zero-order valence-electron chi connectivity index (χ0n) is 14.4. The number of nitrogens with one attached hydrogen (secondary N) is 1. The lowest BCUT2D eigenvalue weighted by Gasteiger charge is -2.43. The fourth-order valence-corrected chi connectivity index (χ4v) is 5.93. The molecule has 4 atom stereocenters. The first kappa shape index (κ1) is 19.6. The van der Waals surface area contributed by atoms with Crippen molar-refractivity contribution in [1.82, 2.24) is 10.2 Å². The summed E-state index contributed by atoms with van der Waals surface area (Å²) in [7, 11) is -4.77. The number of amides is 2. The van der Waals surface area contributed by atoms with Crippen molar-refractivity contribution in [3.63, 3.8) is 0 Å². The number of aliphatic carboxylic acids is 1. The predicted molar refractivity (Wildman–Crippen MR) is 96.4 cm³/mol. The van der Waals surface area contributed by atoms with Crippen LogP contribution >= 0.6 is 11.8 Å². The molecule has 2 aliphatic heterocycles. The summed E-state index contributed by atoms with van der Waals surface area (Å²) in [4.78, 5) is 37.7. The van der Waals surface area contributed by atoms with E-state index >= 15 is 0 Å². The highest BCUT2D eigenvalue weighted by Gasteiger charge is 2.64. The fraction of sp³-hybridized carbons (Fsp3) is 0.438. The molecule has 2 amide bonds. The molecule has 2 saturated heterocycles. The smallest absolute Gasteiger partial charge is 0.327 e. The van der Waals surface area contributed by atoms with E-state index in [-0.39, 0.29) is 5.56 Å². The predicted octanol–water partition coefficient (Wildman–Crippen LogP) is 0.247. The topological polar surface area (TPSA) is 141 Å². The van der Waals surface area contributed by atoms with Gasteiger partial charge in [-0.2, -0.15) is 8.42 Å². The van der Waals surface area contributed by atoms with Crippen LogP contribution in [0.2, 0.25) is 0 Å². The minimum absolute atomic E-state index is 0.0592. The van der Waals surface area contributed by atoms with E-state index in [0.717, 1.165) is 0 Å². The summed E-state index contributed by atoms with van der Waals surface area (Å²) < 4.78 is 32.2. The van der Waals surface area contributed by atoms with E-state index in [1.807, 2.05) is 0 Å². The lowest BCUT2D eigenvalue weighted by atomic mass is 9.96. The molecule has 0 aliphatic carbocycles. The molecule has 1 aromatic rings. The van der Waals surface area contributed by atoms with Gasteiger partial charge in [0, 0.05) is 4.75 Å². The maximum Gasteiger partial charge on any atom is 0.327 e. The van der Waals surface area contributed by atoms with Crippen LogP contribution in [-0.2, 0) is 24.5 Å². The maximum absolute atomic E-state index is 12.6. The maximum atomic E-state index is 12.6. The quantitative estimate of drug-likeness (QED) is 0.460. The van der Waals surface area contributed by atoms with Crippen LogP contribution in [0.3, 0.4) is 0 Å². The second-order valence-electron chi connectivity index (χ2n) is 6.89. The highest BCUT2D eigenvalue weighted by Crippen LogP contribution is 2.50. The van der Waals surface area contributed by atoms with Crippen molar-refractivity contribution >= 4 is 39.7 Å². The van der Waals surface area contributed by atoms with Crippen LogP contribution in [0.4, 0.5) is 0 Å². The number of benzene rings is 1. The molecule has 2 fully saturated rings. The first-order valence-corrected chi connectivity index (χ1v) is 10.4. The van der Waals surface area contributed by atoms with E-state index in [4.69, 9.17) is 0 Å². The normalized spacial score (nSPS) is 27.4. The first-order chi connectivity index (χ1) is 12.4. The van der Waals surface area contributed by atoms with Crippen molar-refractivity contribution in [3.8, 4) is 0 Å². The molecule has 11 heteroatoms. The summed E-state index contributed by atoms with van der Waals surface area (Å²) in [6.45, 7) is 3.37. The summed E-state index contributed by atoms with van der Waals surface area (Å²) in [6.07, 6.45) is 0. The number of hydrogen-bond donors (Lipinski definition) is 3. The minimum atomic E-state index is -4.77. The third-order valence-corrected chi connectivity index (χ3v) is 7.26. The van der Waals surface area contributed by atoms with Crippen LogP contribution in [0.5, 0.6) is 0 Å². The van der Waals surface area contributed by atoms with Crippen molar-refractivity contribution < 1.29 is 32.5 Å². The van der Waals surface area contributed by atoms with E-state index in [1.165, 1.54) is 40.9 Å². The Morgan fingerprint density at radius 1 is 1.26 bits per heavy atom. The van der Waals surface area contributed by atoms with Gasteiger partial charge in [0.2, 0.25) is 11.8 Å². The second-order valence-corrected chi connectivity index (χ2v) is 10.2. The Hall–Kier alpha value is -2.11. The number of nitrogens with zero attached hydrogens (tertiary/aromatic N) is 1. The number of carbonyl (C=O) groups excluding carboxylic acids is 2. The molecule has 0 radical (unpaired) electrons. The number of hydrogen-bond acceptors (Lipinski definition) is 6. The van der Waals surface area contributed by atoms with Crippen molar-refractivity contribution in [2.45, 2.75) is 41.3 Å². The van der Waals surface area contributed by atoms with Crippen molar-refractivity contribution in [2.75, 3.05) is 0 Å². The zero-order valence-corrected chi connectivity index (χ0v) is 16.0. The van der Waals surface area contributed by atoms with Gasteiger partial charge in [0.25, 0.3) is 10.1 Å². The second kappa shape index (κ2) is 6.50. The molecule has 0 aromatic heterocycles. The lowest BCUT2D eigenvalue weighted by molar-refractivity contribution is -0.161. The Bertz CT molecular complexity index is 901. The molecule has 0 bridgehead atoms. The highest BCUT2D eigenvalue weighted by molar-refractivity contribution is 8.01. The van der Waals surface area contributed by atoms with E-state index in [9.17, 15) is 32.5 Å². The molecule has 2 aliphatic rings. The lowest BCUT2D eigenvalue weighted by Crippen LogP contribution is -2.71. The minimum Gasteiger partial charge on any atom is -0.480 e. The van der Waals surface area contributed by atoms with Crippen molar-refractivity contribution in [2.24, 2.45) is 0 Å². The number of thioether (sulfide) groups is 1. The molecule has 0 saturated carbocycles. The van der Waals surface area contributed by atoms with E-state index in [2.05, 4.69) is 5.32 Å². The van der Waals surface area contributed by atoms with E-state index in [1.54, 1.807) is 19.9 Å². The molecule has 2 heterocycles. The van der Waals surface area contributed by atoms with Crippen LogP contribution in [0, 0.1) is 0 Å². The summed E-state index contributed by atoms with van der Waals surface area (Å²) in [5.74, 6) is -2.78. The largest absolute Gasteiger partial charge is 0.480 e. The number of β-lactam (4-membered cyclic amide) rings is 1. The number of carbonyl (C=O) groups is 3. The molecular formula is C16H18N2O7S2. The van der Waals surface area contributed by atoms with Crippen LogP contribution in [0.1, 0.15) is 24.7 Å². The zero-order chi connectivity index (χ0) is 20.1. The molecular weight excluding hydrogens is 396 g/mol. The molecule has 3 rings (SSSR count). The van der Waals surface area contributed by atoms with Gasteiger partial charge in [-0.3, -0.25) is 14.1 Å². The van der Waals surface area contributed by atoms with Crippen molar-refractivity contribution in [3.05, 3.63) is 35.9 Å². The van der Waals surface area contributed by atoms with Crippen LogP contribution in [-0.4, -0.2) is 63.0 Å². The summed E-state index contributed by atoms with van der Waals surface area (Å²) >= 11 is 1.22. The Labute approximate surface area is 159 Å². The average Bonchev–Trinajstić information content (AvgIpc) is 2.81. The highest BCUT2D eigenvalue weighted by atomic mass is 32.2. The Kier molecular flexibility index (Phi) is 4.73. The van der Waals surface area contributed by atoms with Gasteiger partial charge in [0.1, 0.15) is 17.5 Å². The third kappa shape index (κ3) is 3.30. The Balaban J connectivity index is 1.83. The number of carboxylic acids is 1. The molecule has 0 spiro atoms. The summed E-state index contributed by atoms with van der Waals surface area (Å²) in [5, 5.41) is 9.26. The Morgan fingerprint density at radius 3 is 2.37 bits per heavy atom. The summed E-state index contributed by atoms with van der Waals surface area (Å²) in [5.41, 5.74) is 0.0592. The van der Waals surface area contributed by atoms with Crippen LogP contribution in [0.25, 0.3) is 0 Å². The van der Waals surface area contributed by atoms with Gasteiger partial charge in [-0.25, -0.2) is 4.79 Å². The van der Waals surface area contributed by atoms with Gasteiger partial charge in [-0.15, -0.1) is 11.8 Å². The SMILES string of the molecule is CC1(C)S[C@@H]2[C@@H](NC(=O)[C@@H](c3ccccc3)S(=O)(=O)O)C(=O)N2[C@H]1C(=O)O. The molecule has 0 unspecified atom stereocenters. The number of carboxylic acid groups (broad SMARTS) is 1. The number of rotatable bonds is 5. The van der Waals surface area contributed by atoms with E-state index in [0.29, 0.717) is 0 Å². The van der Waals surface area contributed by atoms with Gasteiger partial charge >= 0.3 is 5.97 Å². The van der Waals surface area contributed by atoms with Crippen molar-refractivity contribution in [1.29, 1.82) is 0 Å². The third-order valence-electron chi connectivity index (χ3n) is 4.61. The monoisotopic (exact) mass is 414 g/mol. The average molecular weight is 414 g/mol. The fourth-order valence-electron chi connectivity index (χ4n) is 3.46. The summed E-state index contributed by atoms with van der Waals surface area (Å²) in [6, 6.07) is 5.31.